The Morgan fingerprint density at radius 2 is 1.14 bits per heavy atom. The predicted molar refractivity (Wildman–Crippen MR) is 186 cm³/mol. The van der Waals surface area contributed by atoms with Crippen LogP contribution in [0.25, 0.3) is 0 Å². The van der Waals surface area contributed by atoms with Gasteiger partial charge in [0, 0.05) is 70.1 Å². The minimum atomic E-state index is -0.174. The van der Waals surface area contributed by atoms with Crippen molar-refractivity contribution in [1.82, 2.24) is 4.90 Å². The van der Waals surface area contributed by atoms with Crippen LogP contribution in [0.15, 0.2) is 0 Å². The number of hydrogen-bond acceptors (Lipinski definition) is 6. The molecule has 3 atom stereocenters. The summed E-state index contributed by atoms with van der Waals surface area (Å²) in [6, 6.07) is 0. The number of nitrogens with zero attached hydrogens (tertiary/aromatic N) is 1. The third kappa shape index (κ3) is 27.6. The fourth-order valence-corrected chi connectivity index (χ4v) is 3.79. The molecule has 0 heterocycles. The van der Waals surface area contributed by atoms with Crippen LogP contribution in [-0.4, -0.2) is 61.8 Å². The van der Waals surface area contributed by atoms with Gasteiger partial charge in [0.2, 0.25) is 5.91 Å². The van der Waals surface area contributed by atoms with E-state index in [4.69, 9.17) is 4.74 Å². The minimum absolute atomic E-state index is 0.126. The topological polar surface area (TPSA) is 97.8 Å². The standard InChI is InChI=1S/C12H22O2.C9H18O2.C9H18O.C7H15NO/c1-6-9(2)11(14)8-12(4,5)7-10(3)13;1-5-9(2,3)8(10)6-7-11-4;1-5-8(4)9(10)6-7(2)3;1-5-6(2)7(9)8(3)4/h9H,6-8H2,1-5H3;5-7H2,1-4H3;7-8H,5-6H2,1-4H3;6H,5H2,1-4H3. The Morgan fingerprint density at radius 1 is 0.705 bits per heavy atom. The van der Waals surface area contributed by atoms with Crippen molar-refractivity contribution < 1.29 is 28.7 Å². The molecule has 0 aromatic rings. The first kappa shape index (κ1) is 49.0. The average Bonchev–Trinajstić information content (AvgIpc) is 2.93. The van der Waals surface area contributed by atoms with Crippen molar-refractivity contribution in [2.75, 3.05) is 27.8 Å². The molecule has 0 fully saturated rings. The number of hydrogen-bond donors (Lipinski definition) is 0. The number of carbonyl (C=O) groups excluding carboxylic acids is 5. The van der Waals surface area contributed by atoms with Gasteiger partial charge in [-0.3, -0.25) is 19.2 Å². The zero-order chi connectivity index (χ0) is 35.8. The smallest absolute Gasteiger partial charge is 0.224 e. The van der Waals surface area contributed by atoms with Crippen molar-refractivity contribution in [2.24, 2.45) is 34.5 Å². The van der Waals surface area contributed by atoms with E-state index in [1.165, 1.54) is 0 Å². The van der Waals surface area contributed by atoms with Gasteiger partial charge in [-0.2, -0.15) is 0 Å². The highest BCUT2D eigenvalue weighted by molar-refractivity contribution is 5.84. The van der Waals surface area contributed by atoms with Crippen LogP contribution in [0.2, 0.25) is 0 Å². The van der Waals surface area contributed by atoms with Gasteiger partial charge in [-0.15, -0.1) is 0 Å². The molecule has 0 rings (SSSR count). The lowest BCUT2D eigenvalue weighted by molar-refractivity contribution is -0.132. The summed E-state index contributed by atoms with van der Waals surface area (Å²) >= 11 is 0. The molecule has 0 aliphatic heterocycles. The maximum absolute atomic E-state index is 11.7. The maximum Gasteiger partial charge on any atom is 0.224 e. The monoisotopic (exact) mass is 628 g/mol. The molecular weight excluding hydrogens is 554 g/mol. The van der Waals surface area contributed by atoms with Crippen molar-refractivity contribution in [3.8, 4) is 0 Å². The molecule has 0 saturated carbocycles. The third-order valence-electron chi connectivity index (χ3n) is 7.96. The maximum atomic E-state index is 11.7. The fraction of sp³-hybridized carbons (Fsp3) is 0.865. The molecule has 0 N–H and O–H groups in total. The summed E-state index contributed by atoms with van der Waals surface area (Å²) in [5, 5.41) is 0. The number of Topliss-reactive ketones (excluding diaryl/α,β-unsaturated/α-hetero) is 4. The normalized spacial score (nSPS) is 13.0. The van der Waals surface area contributed by atoms with Crippen LogP contribution in [0.3, 0.4) is 0 Å². The minimum Gasteiger partial charge on any atom is -0.384 e. The Bertz CT molecular complexity index is 813. The molecule has 44 heavy (non-hydrogen) atoms. The van der Waals surface area contributed by atoms with E-state index >= 15 is 0 Å². The molecule has 0 aromatic heterocycles. The Kier molecular flexibility index (Phi) is 29.3. The van der Waals surface area contributed by atoms with Crippen molar-refractivity contribution in [3.05, 3.63) is 0 Å². The molecule has 0 aliphatic carbocycles. The van der Waals surface area contributed by atoms with Crippen LogP contribution in [0.4, 0.5) is 0 Å². The van der Waals surface area contributed by atoms with E-state index in [9.17, 15) is 24.0 Å². The molecule has 262 valence electrons. The molecule has 1 amide bonds. The van der Waals surface area contributed by atoms with Gasteiger partial charge in [-0.1, -0.05) is 90.0 Å². The summed E-state index contributed by atoms with van der Waals surface area (Å²) in [6.45, 7) is 28.2. The van der Waals surface area contributed by atoms with Gasteiger partial charge in [0.25, 0.3) is 0 Å². The Labute approximate surface area is 273 Å². The molecule has 7 nitrogen and oxygen atoms in total. The Hall–Kier alpha value is -1.89. The molecule has 7 heteroatoms. The predicted octanol–water partition coefficient (Wildman–Crippen LogP) is 8.79. The van der Waals surface area contributed by atoms with Gasteiger partial charge < -0.3 is 14.4 Å². The van der Waals surface area contributed by atoms with Gasteiger partial charge in [0.15, 0.2) is 0 Å². The second kappa shape index (κ2) is 26.3. The van der Waals surface area contributed by atoms with E-state index in [0.717, 1.165) is 32.1 Å². The quantitative estimate of drug-likeness (QED) is 0.160. The van der Waals surface area contributed by atoms with E-state index in [1.54, 1.807) is 33.0 Å². The molecule has 3 unspecified atom stereocenters. The summed E-state index contributed by atoms with van der Waals surface area (Å²) in [6.07, 6.45) is 5.98. The number of carbonyl (C=O) groups is 5. The highest BCUT2D eigenvalue weighted by Crippen LogP contribution is 2.27. The zero-order valence-corrected chi connectivity index (χ0v) is 32.1. The fourth-order valence-electron chi connectivity index (χ4n) is 3.79. The third-order valence-corrected chi connectivity index (χ3v) is 7.96. The van der Waals surface area contributed by atoms with Gasteiger partial charge in [-0.05, 0) is 43.9 Å². The lowest BCUT2D eigenvalue weighted by Crippen LogP contribution is -2.27. The summed E-state index contributed by atoms with van der Waals surface area (Å²) in [7, 11) is 5.19. The Morgan fingerprint density at radius 3 is 1.43 bits per heavy atom. The molecule has 0 radical (unpaired) electrons. The van der Waals surface area contributed by atoms with Crippen LogP contribution in [0.1, 0.15) is 148 Å². The molecule has 0 bridgehead atoms. The van der Waals surface area contributed by atoms with Crippen LogP contribution >= 0.6 is 0 Å². The number of amides is 1. The zero-order valence-electron chi connectivity index (χ0n) is 32.1. The van der Waals surface area contributed by atoms with E-state index in [1.807, 2.05) is 69.2 Å². The van der Waals surface area contributed by atoms with E-state index in [-0.39, 0.29) is 46.1 Å². The van der Waals surface area contributed by atoms with E-state index in [2.05, 4.69) is 20.8 Å². The first-order valence-electron chi connectivity index (χ1n) is 16.8. The summed E-state index contributed by atoms with van der Waals surface area (Å²) < 4.78 is 4.83. The van der Waals surface area contributed by atoms with Crippen LogP contribution in [-0.2, 0) is 28.7 Å². The molecule has 0 aliphatic rings. The number of methoxy groups -OCH3 is 1. The molecular formula is C37H73NO6. The first-order valence-corrected chi connectivity index (χ1v) is 16.8. The van der Waals surface area contributed by atoms with Crippen LogP contribution < -0.4 is 0 Å². The highest BCUT2D eigenvalue weighted by atomic mass is 16.5. The summed E-state index contributed by atoms with van der Waals surface area (Å²) in [4.78, 5) is 57.8. The first-order chi connectivity index (χ1) is 20.0. The number of rotatable bonds is 17. The van der Waals surface area contributed by atoms with Crippen molar-refractivity contribution in [3.63, 3.8) is 0 Å². The van der Waals surface area contributed by atoms with E-state index < -0.39 is 0 Å². The van der Waals surface area contributed by atoms with Crippen molar-refractivity contribution in [2.45, 2.75) is 148 Å². The summed E-state index contributed by atoms with van der Waals surface area (Å²) in [5.74, 6) is 2.45. The SMILES string of the molecule is CCC(C)(C)C(=O)CCOC.CCC(C)C(=O)CC(C)(C)CC(C)=O.CCC(C)C(=O)CC(C)C.CCC(C)C(=O)N(C)C. The van der Waals surface area contributed by atoms with E-state index in [0.29, 0.717) is 43.4 Å². The lowest BCUT2D eigenvalue weighted by Gasteiger charge is -2.23. The Balaban J connectivity index is -0.000000246. The lowest BCUT2D eigenvalue weighted by atomic mass is 9.80. The molecule has 0 spiro atoms. The van der Waals surface area contributed by atoms with Gasteiger partial charge >= 0.3 is 0 Å². The van der Waals surface area contributed by atoms with Crippen LogP contribution in [0.5, 0.6) is 0 Å². The summed E-state index contributed by atoms with van der Waals surface area (Å²) in [5.41, 5.74) is -0.342. The largest absolute Gasteiger partial charge is 0.384 e. The second-order valence-corrected chi connectivity index (χ2v) is 14.3. The molecule has 0 saturated heterocycles. The van der Waals surface area contributed by atoms with Crippen LogP contribution in [0, 0.1) is 34.5 Å². The molecule has 0 aromatic carbocycles. The van der Waals surface area contributed by atoms with Gasteiger partial charge in [-0.25, -0.2) is 0 Å². The van der Waals surface area contributed by atoms with Gasteiger partial charge in [0.1, 0.15) is 23.1 Å². The highest BCUT2D eigenvalue weighted by Gasteiger charge is 2.26. The number of ketones is 4. The number of ether oxygens (including phenoxy) is 1. The van der Waals surface area contributed by atoms with Crippen molar-refractivity contribution in [1.29, 1.82) is 0 Å². The van der Waals surface area contributed by atoms with Crippen molar-refractivity contribution >= 4 is 29.0 Å². The average molecular weight is 628 g/mol. The second-order valence-electron chi connectivity index (χ2n) is 14.3. The van der Waals surface area contributed by atoms with Gasteiger partial charge in [0.05, 0.1) is 6.61 Å².